The molecule has 0 aliphatic carbocycles. The molecule has 19 heavy (non-hydrogen) atoms. The van der Waals surface area contributed by atoms with Gasteiger partial charge in [0.05, 0.1) is 0 Å². The number of aromatic nitrogens is 3. The zero-order valence-electron chi connectivity index (χ0n) is 11.5. The van der Waals surface area contributed by atoms with Gasteiger partial charge in [0.1, 0.15) is 12.2 Å². The fourth-order valence-electron chi connectivity index (χ4n) is 2.18. The Morgan fingerprint density at radius 1 is 1.26 bits per heavy atom. The van der Waals surface area contributed by atoms with E-state index >= 15 is 0 Å². The average Bonchev–Trinajstić information content (AvgIpc) is 2.85. The monoisotopic (exact) mass is 258 g/mol. The van der Waals surface area contributed by atoms with E-state index in [1.54, 1.807) is 6.33 Å². The number of rotatable bonds is 7. The molecule has 102 valence electrons. The maximum Gasteiger partial charge on any atom is 0.138 e. The highest BCUT2D eigenvalue weighted by atomic mass is 15.3. The number of benzene rings is 1. The van der Waals surface area contributed by atoms with E-state index in [1.165, 1.54) is 5.56 Å². The highest BCUT2D eigenvalue weighted by molar-refractivity contribution is 5.14. The summed E-state index contributed by atoms with van der Waals surface area (Å²) in [7, 11) is 0. The molecule has 0 saturated carbocycles. The molecule has 1 heterocycles. The average molecular weight is 258 g/mol. The van der Waals surface area contributed by atoms with Crippen molar-refractivity contribution < 1.29 is 0 Å². The summed E-state index contributed by atoms with van der Waals surface area (Å²) in [6.45, 7) is 3.06. The molecule has 1 unspecified atom stereocenters. The predicted octanol–water partition coefficient (Wildman–Crippen LogP) is 2.19. The molecule has 0 spiro atoms. The molecule has 2 rings (SSSR count). The summed E-state index contributed by atoms with van der Waals surface area (Å²) in [5.74, 6) is 1.00. The van der Waals surface area contributed by atoms with Gasteiger partial charge in [0.25, 0.3) is 0 Å². The molecule has 0 radical (unpaired) electrons. The van der Waals surface area contributed by atoms with Crippen LogP contribution in [0.15, 0.2) is 36.7 Å². The zero-order valence-corrected chi connectivity index (χ0v) is 11.5. The number of nitrogens with zero attached hydrogens (tertiary/aromatic N) is 3. The fraction of sp³-hybridized carbons (Fsp3) is 0.467. The standard InChI is InChI=1S/C15H22N4/c1-2-10-19-15(17-12-18-19)11-14(16)9-8-13-6-4-3-5-7-13/h3-7,12,14H,2,8-11,16H2,1H3. The largest absolute Gasteiger partial charge is 0.327 e. The topological polar surface area (TPSA) is 56.7 Å². The number of aryl methyl sites for hydroxylation is 2. The minimum atomic E-state index is 0.139. The molecule has 0 fully saturated rings. The summed E-state index contributed by atoms with van der Waals surface area (Å²) >= 11 is 0. The van der Waals surface area contributed by atoms with E-state index in [4.69, 9.17) is 5.73 Å². The van der Waals surface area contributed by atoms with E-state index < -0.39 is 0 Å². The van der Waals surface area contributed by atoms with Gasteiger partial charge in [-0.3, -0.25) is 4.68 Å². The van der Waals surface area contributed by atoms with Crippen LogP contribution in [-0.4, -0.2) is 20.8 Å². The summed E-state index contributed by atoms with van der Waals surface area (Å²) in [6, 6.07) is 10.6. The van der Waals surface area contributed by atoms with Gasteiger partial charge in [-0.15, -0.1) is 0 Å². The van der Waals surface area contributed by atoms with Crippen molar-refractivity contribution in [3.8, 4) is 0 Å². The minimum absolute atomic E-state index is 0.139. The lowest BCUT2D eigenvalue weighted by Crippen LogP contribution is -2.25. The Balaban J connectivity index is 1.84. The van der Waals surface area contributed by atoms with E-state index in [-0.39, 0.29) is 6.04 Å². The van der Waals surface area contributed by atoms with Crippen molar-refractivity contribution in [2.45, 2.75) is 45.2 Å². The Hall–Kier alpha value is -1.68. The molecule has 0 bridgehead atoms. The van der Waals surface area contributed by atoms with E-state index in [9.17, 15) is 0 Å². The van der Waals surface area contributed by atoms with Crippen molar-refractivity contribution in [3.63, 3.8) is 0 Å². The lowest BCUT2D eigenvalue weighted by atomic mass is 10.0. The van der Waals surface area contributed by atoms with Gasteiger partial charge < -0.3 is 5.73 Å². The van der Waals surface area contributed by atoms with E-state index in [0.717, 1.165) is 38.1 Å². The molecule has 2 aromatic rings. The van der Waals surface area contributed by atoms with Crippen LogP contribution >= 0.6 is 0 Å². The van der Waals surface area contributed by atoms with Crippen molar-refractivity contribution in [2.75, 3.05) is 0 Å². The molecule has 0 amide bonds. The molecule has 4 heteroatoms. The van der Waals surface area contributed by atoms with Gasteiger partial charge in [-0.25, -0.2) is 4.98 Å². The minimum Gasteiger partial charge on any atom is -0.327 e. The highest BCUT2D eigenvalue weighted by Crippen LogP contribution is 2.07. The Kier molecular flexibility index (Phi) is 5.10. The molecule has 1 atom stereocenters. The first-order chi connectivity index (χ1) is 9.29. The lowest BCUT2D eigenvalue weighted by molar-refractivity contribution is 0.527. The fourth-order valence-corrected chi connectivity index (χ4v) is 2.18. The number of hydrogen-bond acceptors (Lipinski definition) is 3. The SMILES string of the molecule is CCCn1ncnc1CC(N)CCc1ccccc1. The van der Waals surface area contributed by atoms with Crippen LogP contribution in [-0.2, 0) is 19.4 Å². The first-order valence-electron chi connectivity index (χ1n) is 6.95. The maximum absolute atomic E-state index is 6.20. The number of hydrogen-bond donors (Lipinski definition) is 1. The smallest absolute Gasteiger partial charge is 0.138 e. The second kappa shape index (κ2) is 7.04. The lowest BCUT2D eigenvalue weighted by Gasteiger charge is -2.12. The highest BCUT2D eigenvalue weighted by Gasteiger charge is 2.10. The van der Waals surface area contributed by atoms with Crippen LogP contribution in [0.1, 0.15) is 31.2 Å². The van der Waals surface area contributed by atoms with E-state index in [1.807, 2.05) is 10.7 Å². The molecule has 0 saturated heterocycles. The van der Waals surface area contributed by atoms with Crippen LogP contribution in [0.5, 0.6) is 0 Å². The Morgan fingerprint density at radius 2 is 2.05 bits per heavy atom. The summed E-state index contributed by atoms with van der Waals surface area (Å²) in [6.07, 6.45) is 5.48. The van der Waals surface area contributed by atoms with Crippen molar-refractivity contribution in [1.29, 1.82) is 0 Å². The van der Waals surface area contributed by atoms with Crippen LogP contribution in [0.2, 0.25) is 0 Å². The molecule has 0 aliphatic heterocycles. The van der Waals surface area contributed by atoms with Crippen molar-refractivity contribution in [3.05, 3.63) is 48.0 Å². The summed E-state index contributed by atoms with van der Waals surface area (Å²) < 4.78 is 1.96. The van der Waals surface area contributed by atoms with Crippen LogP contribution < -0.4 is 5.73 Å². The quantitative estimate of drug-likeness (QED) is 0.828. The Labute approximate surface area is 114 Å². The second-order valence-electron chi connectivity index (χ2n) is 4.89. The summed E-state index contributed by atoms with van der Waals surface area (Å²) in [5, 5.41) is 4.23. The molecular formula is C15H22N4. The molecular weight excluding hydrogens is 236 g/mol. The van der Waals surface area contributed by atoms with Gasteiger partial charge in [-0.2, -0.15) is 5.10 Å². The Morgan fingerprint density at radius 3 is 2.79 bits per heavy atom. The first kappa shape index (κ1) is 13.7. The molecule has 2 N–H and O–H groups in total. The predicted molar refractivity (Wildman–Crippen MR) is 76.8 cm³/mol. The van der Waals surface area contributed by atoms with E-state index in [0.29, 0.717) is 0 Å². The van der Waals surface area contributed by atoms with Crippen LogP contribution in [0.25, 0.3) is 0 Å². The number of nitrogens with two attached hydrogens (primary N) is 1. The van der Waals surface area contributed by atoms with Gasteiger partial charge in [-0.1, -0.05) is 37.3 Å². The van der Waals surface area contributed by atoms with Crippen LogP contribution in [0, 0.1) is 0 Å². The van der Waals surface area contributed by atoms with Crippen molar-refractivity contribution in [1.82, 2.24) is 14.8 Å². The third-order valence-corrected chi connectivity index (χ3v) is 3.22. The van der Waals surface area contributed by atoms with Gasteiger partial charge in [0, 0.05) is 19.0 Å². The summed E-state index contributed by atoms with van der Waals surface area (Å²) in [5.41, 5.74) is 7.54. The molecule has 1 aromatic carbocycles. The Bertz CT molecular complexity index is 478. The summed E-state index contributed by atoms with van der Waals surface area (Å²) in [4.78, 5) is 4.30. The van der Waals surface area contributed by atoms with Gasteiger partial charge >= 0.3 is 0 Å². The van der Waals surface area contributed by atoms with Gasteiger partial charge in [0.2, 0.25) is 0 Å². The van der Waals surface area contributed by atoms with Gasteiger partial charge in [-0.05, 0) is 24.8 Å². The van der Waals surface area contributed by atoms with Crippen molar-refractivity contribution in [2.24, 2.45) is 5.73 Å². The van der Waals surface area contributed by atoms with Crippen LogP contribution in [0.4, 0.5) is 0 Å². The van der Waals surface area contributed by atoms with Crippen molar-refractivity contribution >= 4 is 0 Å². The molecule has 1 aromatic heterocycles. The third kappa shape index (κ3) is 4.17. The maximum atomic E-state index is 6.20. The molecule has 0 aliphatic rings. The van der Waals surface area contributed by atoms with Crippen LogP contribution in [0.3, 0.4) is 0 Å². The first-order valence-corrected chi connectivity index (χ1v) is 6.95. The normalized spacial score (nSPS) is 12.5. The zero-order chi connectivity index (χ0) is 13.5. The second-order valence-corrected chi connectivity index (χ2v) is 4.89. The van der Waals surface area contributed by atoms with Gasteiger partial charge in [0.15, 0.2) is 0 Å². The van der Waals surface area contributed by atoms with E-state index in [2.05, 4.69) is 41.3 Å². The third-order valence-electron chi connectivity index (χ3n) is 3.22. The molecule has 4 nitrogen and oxygen atoms in total.